The van der Waals surface area contributed by atoms with Gasteiger partial charge in [0.15, 0.2) is 46.3 Å². The molecule has 0 radical (unpaired) electrons. The molecule has 0 saturated carbocycles. The molecule has 0 amide bonds. The third-order valence-electron chi connectivity index (χ3n) is 19.2. The molecule has 9 heterocycles. The van der Waals surface area contributed by atoms with Gasteiger partial charge in [-0.3, -0.25) is 0 Å². The molecule has 8 atom stereocenters. The van der Waals surface area contributed by atoms with Crippen molar-refractivity contribution < 1.29 is 28.4 Å². The zero-order valence-electron chi connectivity index (χ0n) is 51.8. The molecule has 2 N–H and O–H groups in total. The lowest BCUT2D eigenvalue weighted by Crippen LogP contribution is -2.14. The van der Waals surface area contributed by atoms with Crippen molar-refractivity contribution in [1.29, 1.82) is 0 Å². The monoisotopic (exact) mass is 1160 g/mol. The maximum absolute atomic E-state index is 6.94. The van der Waals surface area contributed by atoms with Crippen molar-refractivity contribution in [3.05, 3.63) is 95.1 Å². The molecular weight excluding hydrogens is 1070 g/mol. The lowest BCUT2D eigenvalue weighted by molar-refractivity contribution is 0.0877. The first-order chi connectivity index (χ1) is 42.2. The van der Waals surface area contributed by atoms with Crippen molar-refractivity contribution in [3.8, 4) is 68.5 Å². The molecule has 7 aromatic rings. The Morgan fingerprint density at radius 1 is 0.349 bits per heavy atom. The molecule has 13 rings (SSSR count). The summed E-state index contributed by atoms with van der Waals surface area (Å²) in [5.74, 6) is 6.47. The fraction of sp³-hybridized carbons (Fsp3) is 0.500. The van der Waals surface area contributed by atoms with E-state index >= 15 is 0 Å². The lowest BCUT2D eigenvalue weighted by atomic mass is 9.92. The van der Waals surface area contributed by atoms with Crippen LogP contribution >= 0.6 is 0 Å². The number of fused-ring (bicyclic) bond motifs is 30. The smallest absolute Gasteiger partial charge is 0.164 e. The topological polar surface area (TPSA) is 164 Å². The van der Waals surface area contributed by atoms with Gasteiger partial charge in [0.2, 0.25) is 0 Å². The van der Waals surface area contributed by atoms with Crippen LogP contribution in [-0.2, 0) is 9.47 Å². The number of hydrogen-bond donors (Lipinski definition) is 2. The Bertz CT molecular complexity index is 3420. The molecule has 0 fully saturated rings. The largest absolute Gasteiger partial charge is 0.489 e. The van der Waals surface area contributed by atoms with Gasteiger partial charge < -0.3 is 38.4 Å². The molecule has 450 valence electrons. The number of benzene rings is 4. The Balaban J connectivity index is 1.07. The molecule has 4 aromatic carbocycles. The Hall–Kier alpha value is -7.16. The summed E-state index contributed by atoms with van der Waals surface area (Å²) in [4.78, 5) is 40.6. The van der Waals surface area contributed by atoms with Crippen molar-refractivity contribution >= 4 is 44.1 Å². The van der Waals surface area contributed by atoms with Gasteiger partial charge in [0.05, 0.1) is 26.4 Å². The minimum Gasteiger partial charge on any atom is -0.489 e. The van der Waals surface area contributed by atoms with Gasteiger partial charge in [-0.25, -0.2) is 29.9 Å². The summed E-state index contributed by atoms with van der Waals surface area (Å²) in [5.41, 5.74) is 10.3. The van der Waals surface area contributed by atoms with E-state index in [0.29, 0.717) is 119 Å². The average Bonchev–Trinajstić information content (AvgIpc) is 2.73. The average molecular weight is 1160 g/mol. The van der Waals surface area contributed by atoms with Gasteiger partial charge in [-0.15, -0.1) is 0 Å². The van der Waals surface area contributed by atoms with E-state index in [-0.39, 0.29) is 24.4 Å². The number of nitrogens with zero attached hydrogens (tertiary/aromatic N) is 6. The summed E-state index contributed by atoms with van der Waals surface area (Å²) < 4.78 is 40.7. The molecule has 6 aliphatic rings. The molecule has 86 heavy (non-hydrogen) atoms. The van der Waals surface area contributed by atoms with Crippen LogP contribution in [0.3, 0.4) is 0 Å². The molecule has 0 spiro atoms. The van der Waals surface area contributed by atoms with Gasteiger partial charge in [0.25, 0.3) is 0 Å². The standard InChI is InChI=1S/C72H86N8O6/c1-9-17-21-41(13-5)37-81-61-33-53-54(34-62(61)82-38-42(14-6)22-18-10-2)70-76-66-51-31-47-48(60-28-27-59(47)86-60)32-52(51)68(74-66)78-72-56-36-64(84-40-44(16-8)24-20-12-4)63(83-39-43(15-7)23-19-11-3)35-55(56)71(80-72)77-67-50-30-46-45(57-25-26-58(46)85-57)29-49(50)65(73-67)75-69(53)79-70/h25-36,41-44,57-60H,9-24,37-40H2,1-8H3,(H2,73,74,75,76,77,78,79,80)/t41?,42?,43?,44?,57-,58+,59-,60+. The predicted octanol–water partition coefficient (Wildman–Crippen LogP) is 18.6. The molecule has 4 unspecified atom stereocenters. The molecule has 12 bridgehead atoms. The fourth-order valence-electron chi connectivity index (χ4n) is 13.4. The van der Waals surface area contributed by atoms with Gasteiger partial charge in [-0.1, -0.05) is 157 Å². The number of hydrogen-bond acceptors (Lipinski definition) is 12. The quantitative estimate of drug-likeness (QED) is 0.0447. The molecule has 3 aromatic heterocycles. The highest BCUT2D eigenvalue weighted by atomic mass is 16.5. The van der Waals surface area contributed by atoms with E-state index in [0.717, 1.165) is 169 Å². The van der Waals surface area contributed by atoms with Crippen molar-refractivity contribution in [2.45, 2.75) is 183 Å². The van der Waals surface area contributed by atoms with Crippen LogP contribution in [0, 0.1) is 23.7 Å². The second-order valence-electron chi connectivity index (χ2n) is 25.0. The number of aromatic nitrogens is 8. The number of rotatable bonds is 28. The summed E-state index contributed by atoms with van der Waals surface area (Å²) in [7, 11) is 0. The van der Waals surface area contributed by atoms with Crippen LogP contribution in [0.25, 0.3) is 89.7 Å². The minimum atomic E-state index is -0.145. The SMILES string of the molecule is CCCCC(CC)COc1cc2c3nc4nc(nc5[nH]c(nc6nc(nc([nH]3)c2cc1OCC(CC)CCCC)-c1cc2c(cc1-6)[C@H]1C=C[C@@H]2O1)c1cc(OCC(CC)CCCC)c(OCC(CC)CCCC)cc51)-c1cc2c(cc1-4)[C@@H]1C=C[C@H]2O1. The third kappa shape index (κ3) is 11.2. The van der Waals surface area contributed by atoms with Crippen LogP contribution in [0.1, 0.15) is 205 Å². The zero-order valence-corrected chi connectivity index (χ0v) is 51.8. The highest BCUT2D eigenvalue weighted by Crippen LogP contribution is 2.52. The Morgan fingerprint density at radius 2 is 0.593 bits per heavy atom. The van der Waals surface area contributed by atoms with Crippen molar-refractivity contribution in [2.24, 2.45) is 23.7 Å². The van der Waals surface area contributed by atoms with E-state index < -0.39 is 0 Å². The summed E-state index contributed by atoms with van der Waals surface area (Å²) in [6.45, 7) is 20.4. The van der Waals surface area contributed by atoms with Gasteiger partial charge >= 0.3 is 0 Å². The minimum absolute atomic E-state index is 0.145. The first kappa shape index (κ1) is 57.9. The summed E-state index contributed by atoms with van der Waals surface area (Å²) in [5, 5.41) is 3.31. The highest BCUT2D eigenvalue weighted by Gasteiger charge is 2.38. The van der Waals surface area contributed by atoms with Gasteiger partial charge in [0.1, 0.15) is 47.0 Å². The van der Waals surface area contributed by atoms with Gasteiger partial charge in [-0.2, -0.15) is 0 Å². The maximum Gasteiger partial charge on any atom is 0.164 e. The summed E-state index contributed by atoms with van der Waals surface area (Å²) in [6.07, 6.45) is 25.7. The van der Waals surface area contributed by atoms with Gasteiger partial charge in [0, 0.05) is 43.8 Å². The molecular formula is C72H86N8O6. The van der Waals surface area contributed by atoms with Crippen molar-refractivity contribution in [2.75, 3.05) is 26.4 Å². The lowest BCUT2D eigenvalue weighted by Gasteiger charge is -2.20. The number of unbranched alkanes of at least 4 members (excludes halogenated alkanes) is 4. The van der Waals surface area contributed by atoms with Crippen LogP contribution in [0.15, 0.2) is 72.8 Å². The van der Waals surface area contributed by atoms with Crippen molar-refractivity contribution in [3.63, 3.8) is 0 Å². The first-order valence-corrected chi connectivity index (χ1v) is 32.9. The van der Waals surface area contributed by atoms with Crippen LogP contribution in [0.5, 0.6) is 23.0 Å². The number of ether oxygens (including phenoxy) is 6. The first-order valence-electron chi connectivity index (χ1n) is 32.9. The van der Waals surface area contributed by atoms with Crippen LogP contribution in [0.4, 0.5) is 0 Å². The van der Waals surface area contributed by atoms with E-state index in [9.17, 15) is 0 Å². The van der Waals surface area contributed by atoms with E-state index in [1.54, 1.807) is 0 Å². The number of nitrogens with one attached hydrogen (secondary N) is 2. The van der Waals surface area contributed by atoms with E-state index in [1.807, 2.05) is 0 Å². The zero-order chi connectivity index (χ0) is 59.0. The van der Waals surface area contributed by atoms with Crippen molar-refractivity contribution in [1.82, 2.24) is 39.9 Å². The maximum atomic E-state index is 6.94. The van der Waals surface area contributed by atoms with Crippen LogP contribution < -0.4 is 18.9 Å². The molecule has 14 heteroatoms. The molecule has 0 saturated heterocycles. The summed E-state index contributed by atoms with van der Waals surface area (Å²) in [6, 6.07) is 17.2. The summed E-state index contributed by atoms with van der Waals surface area (Å²) >= 11 is 0. The van der Waals surface area contributed by atoms with E-state index in [1.165, 1.54) is 0 Å². The van der Waals surface area contributed by atoms with Crippen LogP contribution in [-0.4, -0.2) is 66.3 Å². The second kappa shape index (κ2) is 25.3. The normalized spacial score (nSPS) is 18.8. The fourth-order valence-corrected chi connectivity index (χ4v) is 13.4. The second-order valence-corrected chi connectivity index (χ2v) is 25.0. The Morgan fingerprint density at radius 3 is 0.814 bits per heavy atom. The molecule has 0 aliphatic carbocycles. The van der Waals surface area contributed by atoms with Gasteiger partial charge in [-0.05, 0) is 120 Å². The highest BCUT2D eigenvalue weighted by molar-refractivity contribution is 6.08. The third-order valence-corrected chi connectivity index (χ3v) is 19.2. The van der Waals surface area contributed by atoms with Crippen LogP contribution in [0.2, 0.25) is 0 Å². The molecule has 14 nitrogen and oxygen atoms in total. The Labute approximate surface area is 506 Å². The Kier molecular flexibility index (Phi) is 17.0. The van der Waals surface area contributed by atoms with E-state index in [2.05, 4.69) is 138 Å². The number of H-pyrrole nitrogens is 2. The predicted molar refractivity (Wildman–Crippen MR) is 343 cm³/mol. The number of aromatic amines is 2. The molecule has 6 aliphatic heterocycles. The van der Waals surface area contributed by atoms with E-state index in [4.69, 9.17) is 58.3 Å².